The maximum Gasteiger partial charge on any atom is 0.231 e. The lowest BCUT2D eigenvalue weighted by Gasteiger charge is -2.31. The largest absolute Gasteiger partial charge is 0.351 e. The summed E-state index contributed by atoms with van der Waals surface area (Å²) in [5.74, 6) is 0.406. The Bertz CT molecular complexity index is 1410. The van der Waals surface area contributed by atoms with Gasteiger partial charge in [-0.25, -0.2) is 32.2 Å². The van der Waals surface area contributed by atoms with E-state index in [1.807, 2.05) is 25.2 Å². The second kappa shape index (κ2) is 10.1. The highest BCUT2D eigenvalue weighted by Gasteiger charge is 2.41. The topological polar surface area (TPSA) is 109 Å². The molecule has 3 aromatic rings. The molecule has 0 spiro atoms. The van der Waals surface area contributed by atoms with Crippen molar-refractivity contribution in [1.82, 2.24) is 29.4 Å². The molecule has 1 aromatic carbocycles. The smallest absolute Gasteiger partial charge is 0.231 e. The third kappa shape index (κ3) is 5.08. The van der Waals surface area contributed by atoms with Crippen molar-refractivity contribution in [2.45, 2.75) is 43.5 Å². The van der Waals surface area contributed by atoms with E-state index < -0.39 is 10.0 Å². The number of nitrogens with zero attached hydrogens (tertiary/aromatic N) is 6. The van der Waals surface area contributed by atoms with Gasteiger partial charge in [0, 0.05) is 43.6 Å². The predicted molar refractivity (Wildman–Crippen MR) is 139 cm³/mol. The highest BCUT2D eigenvalue weighted by Crippen LogP contribution is 2.33. The molecule has 0 amide bonds. The Hall–Kier alpha value is -3.04. The van der Waals surface area contributed by atoms with Crippen LogP contribution in [0.25, 0.3) is 21.8 Å². The highest BCUT2D eigenvalue weighted by atomic mass is 35.5. The van der Waals surface area contributed by atoms with E-state index in [2.05, 4.69) is 30.5 Å². The van der Waals surface area contributed by atoms with Gasteiger partial charge in [-0.3, -0.25) is 0 Å². The van der Waals surface area contributed by atoms with E-state index in [1.165, 1.54) is 6.20 Å². The lowest BCUT2D eigenvalue weighted by Crippen LogP contribution is -2.43. The molecule has 1 aliphatic heterocycles. The molecule has 2 aromatic heterocycles. The van der Waals surface area contributed by atoms with E-state index in [1.54, 1.807) is 21.4 Å². The summed E-state index contributed by atoms with van der Waals surface area (Å²) in [5, 5.41) is 11.3. The zero-order chi connectivity index (χ0) is 25.3. The maximum atomic E-state index is 12.5. The minimum Gasteiger partial charge on any atom is -0.351 e. The number of hydrogen-bond acceptors (Lipinski definition) is 7. The van der Waals surface area contributed by atoms with Gasteiger partial charge in [0.15, 0.2) is 0 Å². The maximum absolute atomic E-state index is 12.5. The standard InChI is InChI=1S/C24H27ClN8O2S/c1-26-12-16-3-6-22(20(25)11-16)33-15-17(13-29-33)23-21(27-2)14-28-24(31-23)30-18-7-9-32(10-8-18)36(34,35)19-4-5-19/h3,6,11,13-15,18-19,26H,4-5,7-10,12H2,1H3,(H,28,30,31). The molecule has 10 nitrogen and oxygen atoms in total. The summed E-state index contributed by atoms with van der Waals surface area (Å²) in [6.07, 6.45) is 7.84. The fraction of sp³-hybridized carbons (Fsp3) is 0.417. The Morgan fingerprint density at radius 1 is 1.19 bits per heavy atom. The van der Waals surface area contributed by atoms with Gasteiger partial charge in [-0.15, -0.1) is 0 Å². The van der Waals surface area contributed by atoms with Gasteiger partial charge in [0.1, 0.15) is 0 Å². The number of aromatic nitrogens is 4. The molecule has 1 aliphatic carbocycles. The molecular weight excluding hydrogens is 500 g/mol. The minimum absolute atomic E-state index is 0.0555. The van der Waals surface area contributed by atoms with E-state index in [0.29, 0.717) is 60.4 Å². The first-order chi connectivity index (χ1) is 17.4. The molecule has 36 heavy (non-hydrogen) atoms. The predicted octanol–water partition coefficient (Wildman–Crippen LogP) is 3.62. The number of rotatable bonds is 8. The number of sulfonamides is 1. The van der Waals surface area contributed by atoms with Crippen molar-refractivity contribution in [1.29, 1.82) is 0 Å². The summed E-state index contributed by atoms with van der Waals surface area (Å²) in [5.41, 5.74) is 3.27. The third-order valence-electron chi connectivity index (χ3n) is 6.48. The van der Waals surface area contributed by atoms with Crippen LogP contribution in [0.5, 0.6) is 0 Å². The molecule has 1 saturated heterocycles. The molecule has 2 N–H and O–H groups in total. The zero-order valence-corrected chi connectivity index (χ0v) is 21.4. The second-order valence-electron chi connectivity index (χ2n) is 9.09. The van der Waals surface area contributed by atoms with Gasteiger partial charge in [-0.05, 0) is 50.4 Å². The van der Waals surface area contributed by atoms with Gasteiger partial charge >= 0.3 is 0 Å². The van der Waals surface area contributed by atoms with Crippen molar-refractivity contribution < 1.29 is 8.42 Å². The van der Waals surface area contributed by atoms with Gasteiger partial charge in [-0.2, -0.15) is 5.10 Å². The van der Waals surface area contributed by atoms with Crippen LogP contribution in [-0.2, 0) is 16.6 Å². The van der Waals surface area contributed by atoms with Crippen molar-refractivity contribution in [2.24, 2.45) is 0 Å². The third-order valence-corrected chi connectivity index (χ3v) is 9.18. The van der Waals surface area contributed by atoms with Crippen LogP contribution < -0.4 is 10.6 Å². The Labute approximate surface area is 215 Å². The van der Waals surface area contributed by atoms with Gasteiger partial charge < -0.3 is 10.6 Å². The lowest BCUT2D eigenvalue weighted by molar-refractivity contribution is 0.328. The number of halogens is 1. The Morgan fingerprint density at radius 2 is 1.97 bits per heavy atom. The van der Waals surface area contributed by atoms with Gasteiger partial charge in [-0.1, -0.05) is 17.7 Å². The summed E-state index contributed by atoms with van der Waals surface area (Å²) in [6.45, 7) is 9.25. The molecule has 5 rings (SSSR count). The van der Waals surface area contributed by atoms with Crippen molar-refractivity contribution in [3.05, 3.63) is 58.8 Å². The molecule has 0 atom stereocenters. The first kappa shape index (κ1) is 24.6. The summed E-state index contributed by atoms with van der Waals surface area (Å²) in [4.78, 5) is 12.5. The molecular formula is C24H27ClN8O2S. The van der Waals surface area contributed by atoms with Crippen LogP contribution in [-0.4, -0.2) is 63.9 Å². The zero-order valence-electron chi connectivity index (χ0n) is 19.9. The fourth-order valence-corrected chi connectivity index (χ4v) is 6.54. The normalized spacial score (nSPS) is 17.1. The second-order valence-corrected chi connectivity index (χ2v) is 11.7. The van der Waals surface area contributed by atoms with Crippen molar-refractivity contribution in [3.8, 4) is 16.9 Å². The molecule has 2 aliphatic rings. The van der Waals surface area contributed by atoms with Crippen LogP contribution in [0, 0.1) is 6.57 Å². The molecule has 0 bridgehead atoms. The Kier molecular flexibility index (Phi) is 6.94. The number of hydrogen-bond donors (Lipinski definition) is 2. The lowest BCUT2D eigenvalue weighted by atomic mass is 10.1. The number of piperidine rings is 1. The summed E-state index contributed by atoms with van der Waals surface area (Å²) < 4.78 is 28.3. The van der Waals surface area contributed by atoms with Gasteiger partial charge in [0.2, 0.25) is 21.7 Å². The SMILES string of the molecule is [C-]#[N+]c1cnc(NC2CCN(S(=O)(=O)C3CC3)CC2)nc1-c1cnn(-c2ccc(CNC)cc2Cl)c1. The van der Waals surface area contributed by atoms with Crippen LogP contribution in [0.1, 0.15) is 31.2 Å². The van der Waals surface area contributed by atoms with Crippen LogP contribution >= 0.6 is 11.6 Å². The number of nitrogens with one attached hydrogen (secondary N) is 2. The van der Waals surface area contributed by atoms with E-state index in [-0.39, 0.29) is 11.3 Å². The van der Waals surface area contributed by atoms with Crippen molar-refractivity contribution in [2.75, 3.05) is 25.5 Å². The molecule has 0 radical (unpaired) electrons. The summed E-state index contributed by atoms with van der Waals surface area (Å²) in [6, 6.07) is 5.84. The molecule has 12 heteroatoms. The van der Waals surface area contributed by atoms with Crippen LogP contribution in [0.3, 0.4) is 0 Å². The van der Waals surface area contributed by atoms with E-state index >= 15 is 0 Å². The van der Waals surface area contributed by atoms with Crippen LogP contribution in [0.15, 0.2) is 36.8 Å². The van der Waals surface area contributed by atoms with E-state index in [9.17, 15) is 8.42 Å². The summed E-state index contributed by atoms with van der Waals surface area (Å²) in [7, 11) is -1.27. The van der Waals surface area contributed by atoms with Crippen LogP contribution in [0.4, 0.5) is 11.6 Å². The molecule has 0 unspecified atom stereocenters. The molecule has 188 valence electrons. The monoisotopic (exact) mass is 526 g/mol. The van der Waals surface area contributed by atoms with E-state index in [4.69, 9.17) is 18.2 Å². The minimum atomic E-state index is -3.15. The van der Waals surface area contributed by atoms with Crippen molar-refractivity contribution in [3.63, 3.8) is 0 Å². The number of anilines is 1. The quantitative estimate of drug-likeness (QED) is 0.431. The van der Waals surface area contributed by atoms with Crippen LogP contribution in [0.2, 0.25) is 5.02 Å². The first-order valence-electron chi connectivity index (χ1n) is 11.9. The molecule has 1 saturated carbocycles. The highest BCUT2D eigenvalue weighted by molar-refractivity contribution is 7.90. The van der Waals surface area contributed by atoms with Gasteiger partial charge in [0.05, 0.1) is 34.4 Å². The van der Waals surface area contributed by atoms with E-state index in [0.717, 1.165) is 24.1 Å². The average molecular weight is 527 g/mol. The van der Waals surface area contributed by atoms with Crippen molar-refractivity contribution >= 4 is 33.3 Å². The number of benzene rings is 1. The van der Waals surface area contributed by atoms with Gasteiger partial charge in [0.25, 0.3) is 0 Å². The molecule has 2 fully saturated rings. The summed E-state index contributed by atoms with van der Waals surface area (Å²) >= 11 is 6.49. The molecule has 3 heterocycles. The first-order valence-corrected chi connectivity index (χ1v) is 13.8. The average Bonchev–Trinajstić information content (AvgIpc) is 3.63. The Balaban J connectivity index is 1.32. The Morgan fingerprint density at radius 3 is 2.64 bits per heavy atom. The fourth-order valence-electron chi connectivity index (χ4n) is 4.38.